The molecule has 1 N–H and O–H groups in total. The summed E-state index contributed by atoms with van der Waals surface area (Å²) in [5.74, 6) is 0.676. The topological polar surface area (TPSA) is 29.5 Å². The van der Waals surface area contributed by atoms with Crippen LogP contribution < -0.4 is 0 Å². The van der Waals surface area contributed by atoms with Gasteiger partial charge in [-0.1, -0.05) is 62.4 Å². The molecule has 0 aliphatic heterocycles. The van der Waals surface area contributed by atoms with Crippen molar-refractivity contribution in [2.24, 2.45) is 5.92 Å². The second-order valence-electron chi connectivity index (χ2n) is 5.59. The summed E-state index contributed by atoms with van der Waals surface area (Å²) in [6.45, 7) is 2.63. The molecule has 2 unspecified atom stereocenters. The molecule has 1 saturated carbocycles. The third-order valence-corrected chi connectivity index (χ3v) is 4.12. The van der Waals surface area contributed by atoms with Crippen molar-refractivity contribution in [2.45, 2.75) is 57.7 Å². The first-order chi connectivity index (χ1) is 9.31. The molecule has 0 saturated heterocycles. The van der Waals surface area contributed by atoms with Crippen LogP contribution in [0.4, 0.5) is 0 Å². The van der Waals surface area contributed by atoms with Crippen LogP contribution in [0.5, 0.6) is 0 Å². The molecule has 0 spiro atoms. The number of aliphatic hydroxyl groups excluding tert-OH is 1. The minimum atomic E-state index is -0.384. The highest BCUT2D eigenvalue weighted by atomic mass is 16.5. The fraction of sp³-hybridized carbons (Fsp3) is 0.647. The van der Waals surface area contributed by atoms with Crippen molar-refractivity contribution in [3.05, 3.63) is 35.9 Å². The molecule has 19 heavy (non-hydrogen) atoms. The zero-order valence-corrected chi connectivity index (χ0v) is 11.9. The average Bonchev–Trinajstić information content (AvgIpc) is 2.46. The standard InChI is InChI=1S/C17H26O2/c1-2-19-17(15-11-7-4-8-12-15)16(18)13-14-9-5-3-6-10-14/h4,7-8,11-12,14,16-18H,2-3,5-6,9-10,13H2,1H3. The monoisotopic (exact) mass is 262 g/mol. The van der Waals surface area contributed by atoms with Crippen molar-refractivity contribution < 1.29 is 9.84 Å². The summed E-state index contributed by atoms with van der Waals surface area (Å²) in [5.41, 5.74) is 1.09. The lowest BCUT2D eigenvalue weighted by Crippen LogP contribution is -2.25. The number of aliphatic hydroxyl groups is 1. The second-order valence-corrected chi connectivity index (χ2v) is 5.59. The van der Waals surface area contributed by atoms with Crippen molar-refractivity contribution in [1.29, 1.82) is 0 Å². The van der Waals surface area contributed by atoms with Gasteiger partial charge in [-0.05, 0) is 24.8 Å². The molecule has 1 aliphatic rings. The van der Waals surface area contributed by atoms with Crippen molar-refractivity contribution in [1.82, 2.24) is 0 Å². The molecular formula is C17H26O2. The minimum absolute atomic E-state index is 0.173. The molecule has 2 heteroatoms. The van der Waals surface area contributed by atoms with Crippen LogP contribution in [0.1, 0.15) is 57.1 Å². The molecule has 2 rings (SSSR count). The number of benzene rings is 1. The maximum absolute atomic E-state index is 10.5. The van der Waals surface area contributed by atoms with E-state index in [1.807, 2.05) is 37.3 Å². The lowest BCUT2D eigenvalue weighted by atomic mass is 9.84. The molecule has 1 aromatic carbocycles. The predicted octanol–water partition coefficient (Wildman–Crippen LogP) is 4.10. The molecule has 2 nitrogen and oxygen atoms in total. The SMILES string of the molecule is CCOC(c1ccccc1)C(O)CC1CCCCC1. The molecule has 0 heterocycles. The lowest BCUT2D eigenvalue weighted by Gasteiger charge is -2.28. The normalized spacial score (nSPS) is 20.1. The maximum Gasteiger partial charge on any atom is 0.108 e. The van der Waals surface area contributed by atoms with E-state index in [2.05, 4.69) is 0 Å². The van der Waals surface area contributed by atoms with Crippen molar-refractivity contribution in [3.63, 3.8) is 0 Å². The molecule has 106 valence electrons. The van der Waals surface area contributed by atoms with Gasteiger partial charge >= 0.3 is 0 Å². The zero-order valence-electron chi connectivity index (χ0n) is 11.9. The van der Waals surface area contributed by atoms with Crippen LogP contribution in [-0.2, 0) is 4.74 Å². The molecule has 1 aliphatic carbocycles. The summed E-state index contributed by atoms with van der Waals surface area (Å²) in [7, 11) is 0. The summed E-state index contributed by atoms with van der Waals surface area (Å²) in [6, 6.07) is 10.1. The number of rotatable bonds is 6. The van der Waals surface area contributed by atoms with Gasteiger partial charge in [0.1, 0.15) is 6.10 Å². The summed E-state index contributed by atoms with van der Waals surface area (Å²) >= 11 is 0. The zero-order chi connectivity index (χ0) is 13.5. The van der Waals surface area contributed by atoms with E-state index in [0.29, 0.717) is 12.5 Å². The minimum Gasteiger partial charge on any atom is -0.390 e. The highest BCUT2D eigenvalue weighted by molar-refractivity contribution is 5.18. The van der Waals surface area contributed by atoms with Crippen molar-refractivity contribution in [2.75, 3.05) is 6.61 Å². The van der Waals surface area contributed by atoms with Gasteiger partial charge in [0.15, 0.2) is 0 Å². The molecule has 0 amide bonds. The van der Waals surface area contributed by atoms with Crippen LogP contribution in [0.2, 0.25) is 0 Å². The highest BCUT2D eigenvalue weighted by Crippen LogP contribution is 2.32. The van der Waals surface area contributed by atoms with E-state index in [1.54, 1.807) is 0 Å². The molecule has 0 bridgehead atoms. The fourth-order valence-corrected chi connectivity index (χ4v) is 3.14. The van der Waals surface area contributed by atoms with E-state index < -0.39 is 0 Å². The molecule has 1 fully saturated rings. The Morgan fingerprint density at radius 1 is 1.16 bits per heavy atom. The van der Waals surface area contributed by atoms with Crippen LogP contribution in [0.3, 0.4) is 0 Å². The van der Waals surface area contributed by atoms with Gasteiger partial charge in [-0.25, -0.2) is 0 Å². The average molecular weight is 262 g/mol. The highest BCUT2D eigenvalue weighted by Gasteiger charge is 2.25. The van der Waals surface area contributed by atoms with Crippen molar-refractivity contribution >= 4 is 0 Å². The third-order valence-electron chi connectivity index (χ3n) is 4.12. The van der Waals surface area contributed by atoms with E-state index in [4.69, 9.17) is 4.74 Å². The van der Waals surface area contributed by atoms with Crippen LogP contribution in [0, 0.1) is 5.92 Å². The van der Waals surface area contributed by atoms with E-state index >= 15 is 0 Å². The summed E-state index contributed by atoms with van der Waals surface area (Å²) in [6.07, 6.45) is 6.86. The van der Waals surface area contributed by atoms with Crippen LogP contribution in [-0.4, -0.2) is 17.8 Å². The summed E-state index contributed by atoms with van der Waals surface area (Å²) in [5, 5.41) is 10.5. The predicted molar refractivity (Wildman–Crippen MR) is 78.0 cm³/mol. The third kappa shape index (κ3) is 4.32. The maximum atomic E-state index is 10.5. The van der Waals surface area contributed by atoms with Gasteiger partial charge in [-0.15, -0.1) is 0 Å². The van der Waals surface area contributed by atoms with E-state index in [0.717, 1.165) is 12.0 Å². The Morgan fingerprint density at radius 3 is 2.47 bits per heavy atom. The molecule has 0 radical (unpaired) electrons. The van der Waals surface area contributed by atoms with E-state index in [1.165, 1.54) is 32.1 Å². The molecule has 1 aromatic rings. The summed E-state index contributed by atoms with van der Waals surface area (Å²) < 4.78 is 5.78. The Hall–Kier alpha value is -0.860. The van der Waals surface area contributed by atoms with Crippen LogP contribution in [0.15, 0.2) is 30.3 Å². The van der Waals surface area contributed by atoms with Gasteiger partial charge < -0.3 is 9.84 Å². The van der Waals surface area contributed by atoms with Crippen LogP contribution in [0.25, 0.3) is 0 Å². The number of ether oxygens (including phenoxy) is 1. The van der Waals surface area contributed by atoms with Gasteiger partial charge in [-0.2, -0.15) is 0 Å². The van der Waals surface area contributed by atoms with Gasteiger partial charge in [-0.3, -0.25) is 0 Å². The van der Waals surface area contributed by atoms with Gasteiger partial charge in [0.25, 0.3) is 0 Å². The smallest absolute Gasteiger partial charge is 0.108 e. The lowest BCUT2D eigenvalue weighted by molar-refractivity contribution is -0.0459. The first-order valence-corrected chi connectivity index (χ1v) is 7.66. The first-order valence-electron chi connectivity index (χ1n) is 7.66. The van der Waals surface area contributed by atoms with Gasteiger partial charge in [0.2, 0.25) is 0 Å². The largest absolute Gasteiger partial charge is 0.390 e. The Bertz CT molecular complexity index is 344. The second kappa shape index (κ2) is 7.66. The quantitative estimate of drug-likeness (QED) is 0.836. The van der Waals surface area contributed by atoms with E-state index in [-0.39, 0.29) is 12.2 Å². The Balaban J connectivity index is 1.97. The molecule has 2 atom stereocenters. The number of hydrogen-bond donors (Lipinski definition) is 1. The van der Waals surface area contributed by atoms with Crippen LogP contribution >= 0.6 is 0 Å². The molecular weight excluding hydrogens is 236 g/mol. The first kappa shape index (κ1) is 14.5. The Labute approximate surface area is 116 Å². The fourth-order valence-electron chi connectivity index (χ4n) is 3.14. The summed E-state index contributed by atoms with van der Waals surface area (Å²) in [4.78, 5) is 0. The Morgan fingerprint density at radius 2 is 1.84 bits per heavy atom. The van der Waals surface area contributed by atoms with Crippen molar-refractivity contribution in [3.8, 4) is 0 Å². The van der Waals surface area contributed by atoms with Gasteiger partial charge in [0, 0.05) is 6.61 Å². The Kier molecular flexibility index (Phi) is 5.87. The molecule has 0 aromatic heterocycles. The number of hydrogen-bond acceptors (Lipinski definition) is 2. The van der Waals surface area contributed by atoms with Gasteiger partial charge in [0.05, 0.1) is 6.10 Å². The van der Waals surface area contributed by atoms with E-state index in [9.17, 15) is 5.11 Å².